The van der Waals surface area contributed by atoms with Gasteiger partial charge in [-0.3, -0.25) is 4.68 Å². The molecule has 0 amide bonds. The number of carboxylic acids is 1. The predicted molar refractivity (Wildman–Crippen MR) is 70.0 cm³/mol. The zero-order valence-electron chi connectivity index (χ0n) is 11.5. The Bertz CT molecular complexity index is 438. The summed E-state index contributed by atoms with van der Waals surface area (Å²) in [5.41, 5.74) is 1.04. The zero-order valence-corrected chi connectivity index (χ0v) is 11.5. The van der Waals surface area contributed by atoms with Gasteiger partial charge in [-0.05, 0) is 25.8 Å². The van der Waals surface area contributed by atoms with Crippen molar-refractivity contribution in [3.63, 3.8) is 0 Å². The quantitative estimate of drug-likeness (QED) is 0.861. The van der Waals surface area contributed by atoms with Crippen molar-refractivity contribution in [1.29, 1.82) is 0 Å². The number of aryl methyl sites for hydroxylation is 1. The molecule has 0 bridgehead atoms. The van der Waals surface area contributed by atoms with Crippen LogP contribution in [-0.2, 0) is 18.3 Å². The van der Waals surface area contributed by atoms with Crippen LogP contribution in [0.3, 0.4) is 0 Å². The summed E-state index contributed by atoms with van der Waals surface area (Å²) in [6.45, 7) is 3.25. The van der Waals surface area contributed by atoms with Crippen molar-refractivity contribution in [3.8, 4) is 0 Å². The zero-order chi connectivity index (χ0) is 13.8. The van der Waals surface area contributed by atoms with Crippen molar-refractivity contribution >= 4 is 5.97 Å². The van der Waals surface area contributed by atoms with Crippen molar-refractivity contribution in [3.05, 3.63) is 17.5 Å². The number of aromatic carboxylic acids is 1. The molecule has 1 aromatic rings. The van der Waals surface area contributed by atoms with E-state index in [-0.39, 0.29) is 0 Å². The number of aromatic nitrogens is 2. The summed E-state index contributed by atoms with van der Waals surface area (Å²) in [6, 6.07) is 0. The monoisotopic (exact) mass is 267 g/mol. The number of hydrogen-bond acceptors (Lipinski definition) is 4. The van der Waals surface area contributed by atoms with E-state index >= 15 is 0 Å². The Kier molecular flexibility index (Phi) is 4.55. The van der Waals surface area contributed by atoms with Gasteiger partial charge in [0, 0.05) is 33.4 Å². The molecule has 19 heavy (non-hydrogen) atoms. The minimum atomic E-state index is -0.914. The van der Waals surface area contributed by atoms with E-state index < -0.39 is 5.97 Å². The van der Waals surface area contributed by atoms with Gasteiger partial charge in [-0.15, -0.1) is 0 Å². The van der Waals surface area contributed by atoms with Crippen molar-refractivity contribution in [2.75, 3.05) is 26.8 Å². The van der Waals surface area contributed by atoms with Crippen LogP contribution >= 0.6 is 0 Å². The lowest BCUT2D eigenvalue weighted by Crippen LogP contribution is -2.30. The fraction of sp³-hybridized carbons (Fsp3) is 0.692. The summed E-state index contributed by atoms with van der Waals surface area (Å²) in [6.07, 6.45) is 3.59. The third kappa shape index (κ3) is 3.54. The molecule has 0 aromatic carbocycles. The molecule has 1 fully saturated rings. The van der Waals surface area contributed by atoms with Crippen LogP contribution in [0.1, 0.15) is 28.9 Å². The smallest absolute Gasteiger partial charge is 0.339 e. The summed E-state index contributed by atoms with van der Waals surface area (Å²) >= 11 is 0. The van der Waals surface area contributed by atoms with Crippen molar-refractivity contribution in [2.24, 2.45) is 13.0 Å². The van der Waals surface area contributed by atoms with Crippen LogP contribution in [0.2, 0.25) is 0 Å². The average Bonchev–Trinajstić information content (AvgIpc) is 2.72. The minimum Gasteiger partial charge on any atom is -0.478 e. The van der Waals surface area contributed by atoms with Gasteiger partial charge in [-0.25, -0.2) is 4.79 Å². The molecule has 0 saturated carbocycles. The molecule has 0 radical (unpaired) electrons. The first kappa shape index (κ1) is 14.0. The first-order valence-corrected chi connectivity index (χ1v) is 6.58. The second-order valence-corrected chi connectivity index (χ2v) is 5.19. The molecule has 1 aliphatic heterocycles. The molecule has 0 atom stereocenters. The molecule has 6 heteroatoms. The summed E-state index contributed by atoms with van der Waals surface area (Å²) in [5.74, 6) is -0.275. The molecule has 1 aliphatic rings. The maximum absolute atomic E-state index is 11.1. The lowest BCUT2D eigenvalue weighted by molar-refractivity contribution is 0.0546. The van der Waals surface area contributed by atoms with E-state index in [0.29, 0.717) is 18.0 Å². The Morgan fingerprint density at radius 3 is 2.89 bits per heavy atom. The van der Waals surface area contributed by atoms with E-state index in [4.69, 9.17) is 9.84 Å². The number of ether oxygens (including phenoxy) is 1. The van der Waals surface area contributed by atoms with Gasteiger partial charge >= 0.3 is 5.97 Å². The van der Waals surface area contributed by atoms with Crippen molar-refractivity contribution in [2.45, 2.75) is 19.4 Å². The third-order valence-corrected chi connectivity index (χ3v) is 3.62. The highest BCUT2D eigenvalue weighted by atomic mass is 16.5. The Morgan fingerprint density at radius 2 is 2.26 bits per heavy atom. The minimum absolute atomic E-state index is 0.293. The highest BCUT2D eigenvalue weighted by molar-refractivity contribution is 5.88. The molecule has 6 nitrogen and oxygen atoms in total. The van der Waals surface area contributed by atoms with Crippen LogP contribution in [0.5, 0.6) is 0 Å². The normalized spacial score (nSPS) is 17.0. The summed E-state index contributed by atoms with van der Waals surface area (Å²) in [7, 11) is 3.80. The molecule has 1 N–H and O–H groups in total. The first-order chi connectivity index (χ1) is 9.08. The molecule has 2 heterocycles. The molecule has 0 aliphatic carbocycles. The second kappa shape index (κ2) is 6.16. The van der Waals surface area contributed by atoms with Gasteiger partial charge in [0.25, 0.3) is 0 Å². The lowest BCUT2D eigenvalue weighted by atomic mass is 10.00. The van der Waals surface area contributed by atoms with Gasteiger partial charge < -0.3 is 14.7 Å². The van der Waals surface area contributed by atoms with Gasteiger partial charge in [-0.1, -0.05) is 0 Å². The fourth-order valence-corrected chi connectivity index (χ4v) is 2.52. The Morgan fingerprint density at radius 1 is 1.58 bits per heavy atom. The largest absolute Gasteiger partial charge is 0.478 e. The van der Waals surface area contributed by atoms with Gasteiger partial charge in [0.1, 0.15) is 5.56 Å². The van der Waals surface area contributed by atoms with Crippen LogP contribution in [0, 0.1) is 5.92 Å². The van der Waals surface area contributed by atoms with Crippen molar-refractivity contribution in [1.82, 2.24) is 14.7 Å². The van der Waals surface area contributed by atoms with E-state index in [1.807, 2.05) is 7.05 Å². The maximum Gasteiger partial charge on any atom is 0.339 e. The molecular formula is C13H21N3O3. The Hall–Kier alpha value is -1.40. The molecular weight excluding hydrogens is 246 g/mol. The van der Waals surface area contributed by atoms with Crippen molar-refractivity contribution < 1.29 is 14.6 Å². The van der Waals surface area contributed by atoms with Gasteiger partial charge in [0.2, 0.25) is 0 Å². The van der Waals surface area contributed by atoms with E-state index in [1.165, 1.54) is 6.20 Å². The number of hydrogen-bond donors (Lipinski definition) is 1. The highest BCUT2D eigenvalue weighted by Gasteiger charge is 2.19. The van der Waals surface area contributed by atoms with Crippen LogP contribution in [0.15, 0.2) is 6.20 Å². The summed E-state index contributed by atoms with van der Waals surface area (Å²) in [4.78, 5) is 13.3. The Labute approximate surface area is 113 Å². The topological polar surface area (TPSA) is 67.6 Å². The standard InChI is InChI=1S/C13H21N3O3/c1-15(8-10-3-5-19-6-4-10)9-12-11(13(17)18)7-14-16(12)2/h7,10H,3-6,8-9H2,1-2H3,(H,17,18). The number of carbonyl (C=O) groups is 1. The van der Waals surface area contributed by atoms with Gasteiger partial charge in [0.15, 0.2) is 0 Å². The van der Waals surface area contributed by atoms with Crippen LogP contribution in [-0.4, -0.2) is 52.6 Å². The summed E-state index contributed by atoms with van der Waals surface area (Å²) in [5, 5.41) is 13.2. The lowest BCUT2D eigenvalue weighted by Gasteiger charge is -2.27. The predicted octanol–water partition coefficient (Wildman–Crippen LogP) is 0.977. The third-order valence-electron chi connectivity index (χ3n) is 3.62. The SMILES string of the molecule is CN(Cc1c(C(=O)O)cnn1C)CC1CCOCC1. The Balaban J connectivity index is 1.96. The van der Waals surface area contributed by atoms with E-state index in [0.717, 1.165) is 38.3 Å². The van der Waals surface area contributed by atoms with Crippen LogP contribution in [0.25, 0.3) is 0 Å². The maximum atomic E-state index is 11.1. The molecule has 0 spiro atoms. The average molecular weight is 267 g/mol. The summed E-state index contributed by atoms with van der Waals surface area (Å²) < 4.78 is 6.99. The molecule has 1 saturated heterocycles. The van der Waals surface area contributed by atoms with Gasteiger partial charge in [0.05, 0.1) is 11.9 Å². The molecule has 106 valence electrons. The molecule has 0 unspecified atom stereocenters. The van der Waals surface area contributed by atoms with E-state index in [2.05, 4.69) is 10.00 Å². The van der Waals surface area contributed by atoms with Gasteiger partial charge in [-0.2, -0.15) is 5.10 Å². The highest BCUT2D eigenvalue weighted by Crippen LogP contribution is 2.17. The first-order valence-electron chi connectivity index (χ1n) is 6.58. The van der Waals surface area contributed by atoms with E-state index in [1.54, 1.807) is 11.7 Å². The number of rotatable bonds is 5. The molecule has 2 rings (SSSR count). The van der Waals surface area contributed by atoms with Crippen LogP contribution in [0.4, 0.5) is 0 Å². The molecule has 1 aromatic heterocycles. The fourth-order valence-electron chi connectivity index (χ4n) is 2.52. The number of nitrogens with zero attached hydrogens (tertiary/aromatic N) is 3. The second-order valence-electron chi connectivity index (χ2n) is 5.19. The van der Waals surface area contributed by atoms with Crippen LogP contribution < -0.4 is 0 Å². The van der Waals surface area contributed by atoms with E-state index in [9.17, 15) is 4.79 Å². The number of carboxylic acid groups (broad SMARTS) is 1.